The molecule has 0 unspecified atom stereocenters. The van der Waals surface area contributed by atoms with Crippen LogP contribution in [0.25, 0.3) is 23.1 Å². The van der Waals surface area contributed by atoms with E-state index in [4.69, 9.17) is 4.74 Å². The van der Waals surface area contributed by atoms with Crippen molar-refractivity contribution in [2.75, 3.05) is 6.61 Å². The van der Waals surface area contributed by atoms with Crippen molar-refractivity contribution in [3.8, 4) is 17.2 Å². The first-order chi connectivity index (χ1) is 11.6. The lowest BCUT2D eigenvalue weighted by atomic mass is 10.1. The van der Waals surface area contributed by atoms with Gasteiger partial charge in [-0.25, -0.2) is 4.98 Å². The second kappa shape index (κ2) is 7.09. The van der Waals surface area contributed by atoms with Gasteiger partial charge in [-0.1, -0.05) is 24.3 Å². The molecule has 0 saturated heterocycles. The minimum Gasteiger partial charge on any atom is -0.506 e. The van der Waals surface area contributed by atoms with Crippen LogP contribution in [0.2, 0.25) is 0 Å². The number of hydrogen-bond donors (Lipinski definition) is 2. The van der Waals surface area contributed by atoms with Gasteiger partial charge in [-0.2, -0.15) is 0 Å². The molecule has 2 aromatic carbocycles. The lowest BCUT2D eigenvalue weighted by Gasteiger charge is -2.08. The Morgan fingerprint density at radius 2 is 1.96 bits per heavy atom. The van der Waals surface area contributed by atoms with Gasteiger partial charge in [0.25, 0.3) is 0 Å². The fourth-order valence-corrected chi connectivity index (χ4v) is 3.00. The van der Waals surface area contributed by atoms with Gasteiger partial charge in [0.15, 0.2) is 11.5 Å². The number of aromatic hydroxyl groups is 2. The van der Waals surface area contributed by atoms with E-state index in [0.717, 1.165) is 20.2 Å². The molecule has 0 amide bonds. The van der Waals surface area contributed by atoms with Gasteiger partial charge < -0.3 is 14.9 Å². The quantitative estimate of drug-likeness (QED) is 0.580. The molecule has 0 aliphatic carbocycles. The third kappa shape index (κ3) is 3.46. The summed E-state index contributed by atoms with van der Waals surface area (Å²) in [5.41, 5.74) is 2.22. The number of pyridine rings is 1. The maximum Gasteiger partial charge on any atom is 0.171 e. The van der Waals surface area contributed by atoms with Gasteiger partial charge >= 0.3 is 0 Å². The summed E-state index contributed by atoms with van der Waals surface area (Å²) in [6.45, 7) is 2.36. The van der Waals surface area contributed by atoms with E-state index < -0.39 is 0 Å². The number of aromatic nitrogens is 1. The SMILES string of the molecule is CCOc1cc(C=Cc2ccc3cccc(O)c3n2)cc(I)c1O. The summed E-state index contributed by atoms with van der Waals surface area (Å²) in [6, 6.07) is 12.8. The van der Waals surface area contributed by atoms with Crippen molar-refractivity contribution in [2.45, 2.75) is 6.92 Å². The highest BCUT2D eigenvalue weighted by Gasteiger charge is 2.08. The standard InChI is InChI=1S/C19H16INO3/c1-2-24-17-11-12(10-15(20)19(17)23)6-8-14-9-7-13-4-3-5-16(22)18(13)21-14/h3-11,22-23H,2H2,1H3. The summed E-state index contributed by atoms with van der Waals surface area (Å²) < 4.78 is 6.17. The van der Waals surface area contributed by atoms with Crippen LogP contribution in [0.1, 0.15) is 18.2 Å². The summed E-state index contributed by atoms with van der Waals surface area (Å²) in [5, 5.41) is 20.8. The highest BCUT2D eigenvalue weighted by Crippen LogP contribution is 2.33. The highest BCUT2D eigenvalue weighted by molar-refractivity contribution is 14.1. The van der Waals surface area contributed by atoms with Crippen molar-refractivity contribution in [1.82, 2.24) is 4.98 Å². The van der Waals surface area contributed by atoms with Gasteiger partial charge in [0.05, 0.1) is 15.9 Å². The van der Waals surface area contributed by atoms with Crippen LogP contribution in [0.5, 0.6) is 17.2 Å². The van der Waals surface area contributed by atoms with E-state index in [1.807, 2.05) is 43.3 Å². The predicted octanol–water partition coefficient (Wildman–Crippen LogP) is 4.82. The van der Waals surface area contributed by atoms with E-state index in [0.29, 0.717) is 17.9 Å². The maximum absolute atomic E-state index is 9.99. The topological polar surface area (TPSA) is 62.6 Å². The maximum atomic E-state index is 9.99. The van der Waals surface area contributed by atoms with Crippen LogP contribution in [0.4, 0.5) is 0 Å². The van der Waals surface area contributed by atoms with Gasteiger partial charge in [-0.05, 0) is 65.4 Å². The van der Waals surface area contributed by atoms with Gasteiger partial charge in [0.1, 0.15) is 11.3 Å². The normalized spacial score (nSPS) is 11.2. The first-order valence-corrected chi connectivity index (χ1v) is 8.58. The Bertz CT molecular complexity index is 922. The molecule has 0 bridgehead atoms. The zero-order valence-electron chi connectivity index (χ0n) is 13.0. The fourth-order valence-electron chi connectivity index (χ4n) is 2.38. The molecule has 1 heterocycles. The van der Waals surface area contributed by atoms with E-state index in [1.165, 1.54) is 0 Å². The molecular formula is C19H16INO3. The predicted molar refractivity (Wildman–Crippen MR) is 104 cm³/mol. The number of hydrogen-bond acceptors (Lipinski definition) is 4. The summed E-state index contributed by atoms with van der Waals surface area (Å²) in [5.74, 6) is 0.789. The molecule has 0 saturated carbocycles. The minimum absolute atomic E-state index is 0.156. The molecule has 5 heteroatoms. The van der Waals surface area contributed by atoms with Crippen LogP contribution in [0.15, 0.2) is 42.5 Å². The van der Waals surface area contributed by atoms with E-state index in [2.05, 4.69) is 27.6 Å². The molecule has 0 atom stereocenters. The number of phenols is 2. The molecule has 0 radical (unpaired) electrons. The lowest BCUT2D eigenvalue weighted by Crippen LogP contribution is -1.93. The molecule has 3 aromatic rings. The van der Waals surface area contributed by atoms with Crippen molar-refractivity contribution < 1.29 is 14.9 Å². The molecule has 4 nitrogen and oxygen atoms in total. The van der Waals surface area contributed by atoms with Crippen molar-refractivity contribution >= 4 is 45.6 Å². The third-order valence-corrected chi connectivity index (χ3v) is 4.34. The van der Waals surface area contributed by atoms with Crippen LogP contribution >= 0.6 is 22.6 Å². The number of para-hydroxylation sites is 1. The van der Waals surface area contributed by atoms with Crippen molar-refractivity contribution in [3.05, 3.63) is 57.3 Å². The molecule has 0 aliphatic heterocycles. The Hall–Kier alpha value is -2.28. The Morgan fingerprint density at radius 1 is 1.12 bits per heavy atom. The number of benzene rings is 2. The molecule has 0 spiro atoms. The zero-order valence-corrected chi connectivity index (χ0v) is 15.2. The molecule has 24 heavy (non-hydrogen) atoms. The first kappa shape index (κ1) is 16.6. The Labute approximate surface area is 153 Å². The van der Waals surface area contributed by atoms with E-state index in [1.54, 1.807) is 18.2 Å². The van der Waals surface area contributed by atoms with Crippen LogP contribution < -0.4 is 4.74 Å². The van der Waals surface area contributed by atoms with Crippen LogP contribution in [-0.2, 0) is 0 Å². The summed E-state index contributed by atoms with van der Waals surface area (Å²) in [4.78, 5) is 4.47. The first-order valence-electron chi connectivity index (χ1n) is 7.50. The number of ether oxygens (including phenoxy) is 1. The molecular weight excluding hydrogens is 417 g/mol. The number of halogens is 1. The minimum atomic E-state index is 0.156. The molecule has 1 aromatic heterocycles. The molecule has 122 valence electrons. The largest absolute Gasteiger partial charge is 0.506 e. The fraction of sp³-hybridized carbons (Fsp3) is 0.105. The molecule has 0 fully saturated rings. The third-order valence-electron chi connectivity index (χ3n) is 3.52. The number of fused-ring (bicyclic) bond motifs is 1. The molecule has 3 rings (SSSR count). The van der Waals surface area contributed by atoms with Crippen LogP contribution in [0.3, 0.4) is 0 Å². The monoisotopic (exact) mass is 433 g/mol. The summed E-state index contributed by atoms with van der Waals surface area (Å²) >= 11 is 2.07. The average Bonchev–Trinajstić information content (AvgIpc) is 2.58. The second-order valence-electron chi connectivity index (χ2n) is 5.20. The zero-order chi connectivity index (χ0) is 17.1. The van der Waals surface area contributed by atoms with Crippen molar-refractivity contribution in [1.29, 1.82) is 0 Å². The van der Waals surface area contributed by atoms with Gasteiger partial charge in [-0.15, -0.1) is 0 Å². The van der Waals surface area contributed by atoms with Crippen LogP contribution in [0, 0.1) is 3.57 Å². The van der Waals surface area contributed by atoms with Gasteiger partial charge in [0, 0.05) is 5.39 Å². The van der Waals surface area contributed by atoms with Gasteiger partial charge in [0.2, 0.25) is 0 Å². The van der Waals surface area contributed by atoms with Crippen molar-refractivity contribution in [3.63, 3.8) is 0 Å². The molecule has 2 N–H and O–H groups in total. The number of nitrogens with zero attached hydrogens (tertiary/aromatic N) is 1. The smallest absolute Gasteiger partial charge is 0.171 e. The molecule has 0 aliphatic rings. The Balaban J connectivity index is 1.95. The second-order valence-corrected chi connectivity index (χ2v) is 6.36. The van der Waals surface area contributed by atoms with E-state index >= 15 is 0 Å². The van der Waals surface area contributed by atoms with E-state index in [9.17, 15) is 10.2 Å². The number of phenolic OH excluding ortho intramolecular Hbond substituents is 2. The summed E-state index contributed by atoms with van der Waals surface area (Å²) in [6.07, 6.45) is 3.77. The number of rotatable bonds is 4. The Kier molecular flexibility index (Phi) is 4.89. The highest BCUT2D eigenvalue weighted by atomic mass is 127. The van der Waals surface area contributed by atoms with Gasteiger partial charge in [-0.3, -0.25) is 0 Å². The lowest BCUT2D eigenvalue weighted by molar-refractivity contribution is 0.317. The van der Waals surface area contributed by atoms with Crippen LogP contribution in [-0.4, -0.2) is 21.8 Å². The van der Waals surface area contributed by atoms with Crippen molar-refractivity contribution in [2.24, 2.45) is 0 Å². The van der Waals surface area contributed by atoms with E-state index in [-0.39, 0.29) is 11.5 Å². The summed E-state index contributed by atoms with van der Waals surface area (Å²) in [7, 11) is 0. The Morgan fingerprint density at radius 3 is 2.75 bits per heavy atom. The average molecular weight is 433 g/mol.